The number of imidazole rings is 1. The van der Waals surface area contributed by atoms with E-state index in [9.17, 15) is 10.1 Å². The summed E-state index contributed by atoms with van der Waals surface area (Å²) in [6, 6.07) is 17.8. The molecule has 1 aliphatic carbocycles. The number of nitrogens with zero attached hydrogens (tertiary/aromatic N) is 5. The molecule has 1 fully saturated rings. The number of para-hydroxylation sites is 2. The van der Waals surface area contributed by atoms with Crippen molar-refractivity contribution in [2.45, 2.75) is 71.2 Å². The Morgan fingerprint density at radius 2 is 1.92 bits per heavy atom. The van der Waals surface area contributed by atoms with Crippen molar-refractivity contribution < 1.29 is 9.53 Å². The highest BCUT2D eigenvalue weighted by Gasteiger charge is 2.35. The lowest BCUT2D eigenvalue weighted by Crippen LogP contribution is -2.46. The van der Waals surface area contributed by atoms with E-state index in [0.717, 1.165) is 42.3 Å². The third-order valence-electron chi connectivity index (χ3n) is 7.04. The topological polar surface area (TPSA) is 83.5 Å². The number of aliphatic imine (C=N–C) groups is 1. The molecule has 0 saturated heterocycles. The number of nitriles is 1. The third-order valence-corrected chi connectivity index (χ3v) is 7.04. The Kier molecular flexibility index (Phi) is 6.94. The minimum Gasteiger partial charge on any atom is -0.443 e. The van der Waals surface area contributed by atoms with Crippen molar-refractivity contribution in [3.8, 4) is 6.07 Å². The van der Waals surface area contributed by atoms with Gasteiger partial charge in [0.15, 0.2) is 0 Å². The van der Waals surface area contributed by atoms with E-state index in [0.29, 0.717) is 30.4 Å². The van der Waals surface area contributed by atoms with Crippen LogP contribution in [0.1, 0.15) is 63.4 Å². The largest absolute Gasteiger partial charge is 0.443 e. The van der Waals surface area contributed by atoms with E-state index in [1.54, 1.807) is 4.57 Å². The van der Waals surface area contributed by atoms with Gasteiger partial charge in [0.05, 0.1) is 29.2 Å². The SMILES string of the molecule is CC(C)(C)OC(=O)n1c(CN(Cc2ccccc2C#N)C2CCCC3CC=CN=C32)nc2ccccc21. The van der Waals surface area contributed by atoms with Gasteiger partial charge < -0.3 is 4.74 Å². The molecule has 0 radical (unpaired) electrons. The first-order valence-corrected chi connectivity index (χ1v) is 13.0. The number of aromatic nitrogens is 2. The zero-order valence-electron chi connectivity index (χ0n) is 21.7. The first-order valence-electron chi connectivity index (χ1n) is 13.0. The lowest BCUT2D eigenvalue weighted by molar-refractivity contribution is 0.0532. The maximum absolute atomic E-state index is 13.4. The number of carbonyl (C=O) groups excluding carboxylic acids is 1. The van der Waals surface area contributed by atoms with Gasteiger partial charge in [0, 0.05) is 30.4 Å². The van der Waals surface area contributed by atoms with Crippen LogP contribution in [0.5, 0.6) is 0 Å². The summed E-state index contributed by atoms with van der Waals surface area (Å²) in [5.74, 6) is 1.06. The molecule has 3 aromatic rings. The van der Waals surface area contributed by atoms with Crippen LogP contribution in [0.2, 0.25) is 0 Å². The van der Waals surface area contributed by atoms with Crippen LogP contribution < -0.4 is 0 Å². The molecule has 1 aliphatic heterocycles. The molecule has 37 heavy (non-hydrogen) atoms. The third kappa shape index (κ3) is 5.35. The molecular weight excluding hydrogens is 462 g/mol. The van der Waals surface area contributed by atoms with Gasteiger partial charge in [-0.05, 0) is 63.8 Å². The van der Waals surface area contributed by atoms with E-state index in [-0.39, 0.29) is 6.04 Å². The number of benzene rings is 2. The van der Waals surface area contributed by atoms with Gasteiger partial charge in [-0.25, -0.2) is 14.3 Å². The molecule has 0 spiro atoms. The van der Waals surface area contributed by atoms with Crippen LogP contribution in [0.25, 0.3) is 11.0 Å². The minimum absolute atomic E-state index is 0.0994. The highest BCUT2D eigenvalue weighted by molar-refractivity contribution is 5.93. The summed E-state index contributed by atoms with van der Waals surface area (Å²) >= 11 is 0. The normalized spacial score (nSPS) is 19.4. The summed E-state index contributed by atoms with van der Waals surface area (Å²) < 4.78 is 7.39. The molecule has 2 atom stereocenters. The number of allylic oxidation sites excluding steroid dienone is 1. The van der Waals surface area contributed by atoms with Crippen molar-refractivity contribution in [3.05, 3.63) is 77.8 Å². The fraction of sp³-hybridized carbons (Fsp3) is 0.400. The second-order valence-corrected chi connectivity index (χ2v) is 10.8. The Bertz CT molecular complexity index is 1410. The van der Waals surface area contributed by atoms with Crippen LogP contribution in [-0.4, -0.2) is 37.9 Å². The molecule has 190 valence electrons. The number of hydrogen-bond donors (Lipinski definition) is 0. The van der Waals surface area contributed by atoms with Crippen LogP contribution >= 0.6 is 0 Å². The fourth-order valence-corrected chi connectivity index (χ4v) is 5.43. The highest BCUT2D eigenvalue weighted by atomic mass is 16.6. The Morgan fingerprint density at radius 1 is 1.14 bits per heavy atom. The smallest absolute Gasteiger partial charge is 0.420 e. The second-order valence-electron chi connectivity index (χ2n) is 10.8. The Labute approximate surface area is 218 Å². The van der Waals surface area contributed by atoms with Crippen molar-refractivity contribution in [1.82, 2.24) is 14.5 Å². The number of ether oxygens (including phenoxy) is 1. The van der Waals surface area contributed by atoms with E-state index < -0.39 is 11.7 Å². The summed E-state index contributed by atoms with van der Waals surface area (Å²) in [7, 11) is 0. The monoisotopic (exact) mass is 495 g/mol. The quantitative estimate of drug-likeness (QED) is 0.420. The zero-order chi connectivity index (χ0) is 26.0. The predicted molar refractivity (Wildman–Crippen MR) is 144 cm³/mol. The van der Waals surface area contributed by atoms with Crippen molar-refractivity contribution >= 4 is 22.8 Å². The van der Waals surface area contributed by atoms with Crippen LogP contribution in [0.15, 0.2) is 65.8 Å². The van der Waals surface area contributed by atoms with Gasteiger partial charge in [0.2, 0.25) is 0 Å². The molecule has 2 aromatic carbocycles. The van der Waals surface area contributed by atoms with E-state index in [1.807, 2.05) is 75.5 Å². The molecule has 1 aromatic heterocycles. The number of hydrogen-bond acceptors (Lipinski definition) is 6. The lowest BCUT2D eigenvalue weighted by atomic mass is 9.80. The fourth-order valence-electron chi connectivity index (χ4n) is 5.43. The number of rotatable bonds is 5. The molecule has 7 nitrogen and oxygen atoms in total. The van der Waals surface area contributed by atoms with Crippen LogP contribution in [-0.2, 0) is 17.8 Å². The standard InChI is InChI=1S/C30H33N5O2/c1-30(2,3)37-29(36)35-25-15-7-6-14-24(25)33-27(35)20-34(19-23-11-5-4-10-22(23)18-31)26-16-8-12-21-13-9-17-32-28(21)26/h4-7,9-11,14-15,17,21,26H,8,12-13,16,19-20H2,1-3H3. The van der Waals surface area contributed by atoms with Crippen molar-refractivity contribution in [3.63, 3.8) is 0 Å². The van der Waals surface area contributed by atoms with Crippen molar-refractivity contribution in [1.29, 1.82) is 5.26 Å². The molecule has 0 N–H and O–H groups in total. The second kappa shape index (κ2) is 10.3. The molecule has 5 rings (SSSR count). The van der Waals surface area contributed by atoms with Gasteiger partial charge in [-0.3, -0.25) is 9.89 Å². The van der Waals surface area contributed by atoms with E-state index in [2.05, 4.69) is 17.0 Å². The first kappa shape index (κ1) is 24.9. The van der Waals surface area contributed by atoms with Gasteiger partial charge in [-0.2, -0.15) is 5.26 Å². The maximum Gasteiger partial charge on any atom is 0.420 e. The Balaban J connectivity index is 1.58. The van der Waals surface area contributed by atoms with E-state index in [4.69, 9.17) is 14.7 Å². The molecule has 2 heterocycles. The average Bonchev–Trinajstić information content (AvgIpc) is 3.25. The van der Waals surface area contributed by atoms with Crippen LogP contribution in [0.3, 0.4) is 0 Å². The summed E-state index contributed by atoms with van der Waals surface area (Å²) in [6.07, 6.45) is 7.86. The molecule has 1 saturated carbocycles. The van der Waals surface area contributed by atoms with Gasteiger partial charge in [-0.1, -0.05) is 42.8 Å². The van der Waals surface area contributed by atoms with E-state index >= 15 is 0 Å². The van der Waals surface area contributed by atoms with Crippen LogP contribution in [0.4, 0.5) is 4.79 Å². The summed E-state index contributed by atoms with van der Waals surface area (Å²) in [5.41, 5.74) is 3.65. The first-order chi connectivity index (χ1) is 17.8. The molecule has 0 amide bonds. The lowest BCUT2D eigenvalue weighted by Gasteiger charge is -2.39. The predicted octanol–water partition coefficient (Wildman–Crippen LogP) is 6.22. The maximum atomic E-state index is 13.4. The summed E-state index contributed by atoms with van der Waals surface area (Å²) in [4.78, 5) is 25.5. The summed E-state index contributed by atoms with van der Waals surface area (Å²) in [5, 5.41) is 9.76. The van der Waals surface area contributed by atoms with Gasteiger partial charge in [0.1, 0.15) is 11.4 Å². The van der Waals surface area contributed by atoms with E-state index in [1.165, 1.54) is 5.71 Å². The average molecular weight is 496 g/mol. The molecule has 7 heteroatoms. The molecule has 2 aliphatic rings. The summed E-state index contributed by atoms with van der Waals surface area (Å²) in [6.45, 7) is 6.58. The minimum atomic E-state index is -0.634. The van der Waals surface area contributed by atoms with Gasteiger partial charge in [-0.15, -0.1) is 0 Å². The zero-order valence-corrected chi connectivity index (χ0v) is 21.7. The number of carbonyl (C=O) groups is 1. The van der Waals surface area contributed by atoms with Crippen LogP contribution in [0, 0.1) is 17.2 Å². The Morgan fingerprint density at radius 3 is 2.73 bits per heavy atom. The van der Waals surface area contributed by atoms with Crippen molar-refractivity contribution in [2.24, 2.45) is 10.9 Å². The number of fused-ring (bicyclic) bond motifs is 2. The molecular formula is C30H33N5O2. The molecule has 2 unspecified atom stereocenters. The van der Waals surface area contributed by atoms with Gasteiger partial charge in [0.25, 0.3) is 0 Å². The Hall–Kier alpha value is -3.76. The van der Waals surface area contributed by atoms with Crippen molar-refractivity contribution in [2.75, 3.05) is 0 Å². The molecule has 0 bridgehead atoms. The van der Waals surface area contributed by atoms with Gasteiger partial charge >= 0.3 is 6.09 Å². The highest BCUT2D eigenvalue weighted by Crippen LogP contribution is 2.33.